The molecule has 0 aliphatic rings. The number of hydrogen-bond acceptors (Lipinski definition) is 5. The summed E-state index contributed by atoms with van der Waals surface area (Å²) in [6.45, 7) is 1.60. The molecule has 0 saturated heterocycles. The Hall–Kier alpha value is -2.83. The zero-order valence-corrected chi connectivity index (χ0v) is 12.6. The minimum Gasteiger partial charge on any atom is -0.497 e. The molecule has 0 spiro atoms. The van der Waals surface area contributed by atoms with Crippen LogP contribution in [0.2, 0.25) is 0 Å². The summed E-state index contributed by atoms with van der Waals surface area (Å²) in [5.41, 5.74) is 0.861. The fourth-order valence-electron chi connectivity index (χ4n) is 1.87. The van der Waals surface area contributed by atoms with E-state index in [1.54, 1.807) is 25.1 Å². The number of nitrogens with zero attached hydrogens (tertiary/aromatic N) is 2. The summed E-state index contributed by atoms with van der Waals surface area (Å²) in [5, 5.41) is 2.70. The van der Waals surface area contributed by atoms with Gasteiger partial charge in [-0.2, -0.15) is 0 Å². The Kier molecular flexibility index (Phi) is 4.77. The van der Waals surface area contributed by atoms with Crippen molar-refractivity contribution in [1.82, 2.24) is 9.55 Å². The number of amides is 1. The summed E-state index contributed by atoms with van der Waals surface area (Å²) in [7, 11) is 3.05. The molecule has 0 atom stereocenters. The highest BCUT2D eigenvalue weighted by Gasteiger charge is 2.08. The lowest BCUT2D eigenvalue weighted by Crippen LogP contribution is -2.27. The summed E-state index contributed by atoms with van der Waals surface area (Å²) in [5.74, 6) is 0.774. The number of methoxy groups -OCH3 is 2. The summed E-state index contributed by atoms with van der Waals surface area (Å²) < 4.78 is 11.5. The van der Waals surface area contributed by atoms with Gasteiger partial charge in [0.25, 0.3) is 5.56 Å². The molecular formula is C15H17N3O4. The van der Waals surface area contributed by atoms with Crippen LogP contribution in [-0.2, 0) is 11.3 Å². The Labute approximate surface area is 127 Å². The first kappa shape index (κ1) is 15.6. The van der Waals surface area contributed by atoms with Gasteiger partial charge in [0, 0.05) is 35.6 Å². The summed E-state index contributed by atoms with van der Waals surface area (Å²) in [4.78, 5) is 27.8. The van der Waals surface area contributed by atoms with Gasteiger partial charge in [-0.1, -0.05) is 0 Å². The number of carbonyl (C=O) groups is 1. The predicted octanol–water partition coefficient (Wildman–Crippen LogP) is 1.21. The molecule has 1 amide bonds. The maximum Gasteiger partial charge on any atom is 0.253 e. The maximum atomic E-state index is 12.0. The molecule has 0 fully saturated rings. The van der Waals surface area contributed by atoms with E-state index in [1.807, 2.05) is 0 Å². The minimum atomic E-state index is -0.344. The van der Waals surface area contributed by atoms with Gasteiger partial charge in [-0.3, -0.25) is 14.2 Å². The van der Waals surface area contributed by atoms with Crippen LogP contribution in [0.1, 0.15) is 5.69 Å². The second kappa shape index (κ2) is 6.75. The molecular weight excluding hydrogens is 286 g/mol. The van der Waals surface area contributed by atoms with Gasteiger partial charge in [0.05, 0.1) is 20.5 Å². The van der Waals surface area contributed by atoms with E-state index in [2.05, 4.69) is 10.3 Å². The molecule has 2 aromatic rings. The molecule has 7 nitrogen and oxygen atoms in total. The third-order valence-electron chi connectivity index (χ3n) is 2.97. The van der Waals surface area contributed by atoms with Crippen molar-refractivity contribution in [2.45, 2.75) is 13.5 Å². The Morgan fingerprint density at radius 3 is 2.36 bits per heavy atom. The molecule has 7 heteroatoms. The number of aromatic nitrogens is 2. The van der Waals surface area contributed by atoms with Crippen LogP contribution in [0.3, 0.4) is 0 Å². The van der Waals surface area contributed by atoms with Crippen molar-refractivity contribution in [3.8, 4) is 11.5 Å². The summed E-state index contributed by atoms with van der Waals surface area (Å²) >= 11 is 0. The Balaban J connectivity index is 2.13. The number of carbonyl (C=O) groups excluding carboxylic acids is 1. The van der Waals surface area contributed by atoms with Crippen molar-refractivity contribution in [3.63, 3.8) is 0 Å². The first-order valence-electron chi connectivity index (χ1n) is 6.58. The van der Waals surface area contributed by atoms with Crippen molar-refractivity contribution >= 4 is 11.6 Å². The van der Waals surface area contributed by atoms with Crippen LogP contribution in [0.4, 0.5) is 5.69 Å². The molecule has 1 N–H and O–H groups in total. The number of aryl methyl sites for hydroxylation is 1. The first-order chi connectivity index (χ1) is 10.5. The smallest absolute Gasteiger partial charge is 0.253 e. The molecule has 116 valence electrons. The van der Waals surface area contributed by atoms with E-state index in [1.165, 1.54) is 31.2 Å². The number of anilines is 1. The van der Waals surface area contributed by atoms with Gasteiger partial charge in [0.1, 0.15) is 18.0 Å². The fraction of sp³-hybridized carbons (Fsp3) is 0.267. The average molecular weight is 303 g/mol. The van der Waals surface area contributed by atoms with Gasteiger partial charge >= 0.3 is 0 Å². The van der Waals surface area contributed by atoms with E-state index in [0.29, 0.717) is 22.9 Å². The van der Waals surface area contributed by atoms with Crippen LogP contribution in [0, 0.1) is 6.92 Å². The van der Waals surface area contributed by atoms with Crippen LogP contribution in [-0.4, -0.2) is 29.7 Å². The highest BCUT2D eigenvalue weighted by Crippen LogP contribution is 2.25. The highest BCUT2D eigenvalue weighted by molar-refractivity contribution is 5.91. The second-order valence-corrected chi connectivity index (χ2v) is 4.65. The molecule has 0 bridgehead atoms. The van der Waals surface area contributed by atoms with Crippen LogP contribution in [0.15, 0.2) is 35.4 Å². The summed E-state index contributed by atoms with van der Waals surface area (Å²) in [6, 6.07) is 6.40. The molecule has 1 aromatic carbocycles. The van der Waals surface area contributed by atoms with E-state index in [-0.39, 0.29) is 18.0 Å². The van der Waals surface area contributed by atoms with Gasteiger partial charge in [0.15, 0.2) is 0 Å². The topological polar surface area (TPSA) is 82.5 Å². The Bertz CT molecular complexity index is 718. The third kappa shape index (κ3) is 3.85. The van der Waals surface area contributed by atoms with Crippen molar-refractivity contribution in [2.24, 2.45) is 0 Å². The standard InChI is InChI=1S/C15H17N3O4/c1-10-4-15(20)18(9-16-10)8-14(19)17-11-5-12(21-2)7-13(6-11)22-3/h4-7,9H,8H2,1-3H3,(H,17,19). The largest absolute Gasteiger partial charge is 0.497 e. The Morgan fingerprint density at radius 1 is 1.18 bits per heavy atom. The lowest BCUT2D eigenvalue weighted by atomic mass is 10.2. The van der Waals surface area contributed by atoms with E-state index < -0.39 is 0 Å². The molecule has 2 rings (SSSR count). The van der Waals surface area contributed by atoms with Crippen molar-refractivity contribution in [3.05, 3.63) is 46.6 Å². The lowest BCUT2D eigenvalue weighted by Gasteiger charge is -2.10. The summed E-state index contributed by atoms with van der Waals surface area (Å²) in [6.07, 6.45) is 1.35. The van der Waals surface area contributed by atoms with Crippen LogP contribution in [0.25, 0.3) is 0 Å². The molecule has 0 unspecified atom stereocenters. The van der Waals surface area contributed by atoms with Crippen molar-refractivity contribution < 1.29 is 14.3 Å². The van der Waals surface area contributed by atoms with E-state index in [4.69, 9.17) is 9.47 Å². The first-order valence-corrected chi connectivity index (χ1v) is 6.58. The van der Waals surface area contributed by atoms with Gasteiger partial charge in [-0.05, 0) is 6.92 Å². The normalized spacial score (nSPS) is 10.1. The molecule has 0 aliphatic carbocycles. The van der Waals surface area contributed by atoms with Gasteiger partial charge < -0.3 is 14.8 Å². The molecule has 0 saturated carbocycles. The average Bonchev–Trinajstić information content (AvgIpc) is 2.49. The zero-order valence-electron chi connectivity index (χ0n) is 12.6. The third-order valence-corrected chi connectivity index (χ3v) is 2.97. The van der Waals surface area contributed by atoms with Gasteiger partial charge in [-0.15, -0.1) is 0 Å². The molecule has 0 radical (unpaired) electrons. The molecule has 0 aliphatic heterocycles. The number of benzene rings is 1. The van der Waals surface area contributed by atoms with Crippen molar-refractivity contribution in [1.29, 1.82) is 0 Å². The number of rotatable bonds is 5. The van der Waals surface area contributed by atoms with E-state index >= 15 is 0 Å². The van der Waals surface area contributed by atoms with Crippen LogP contribution in [0.5, 0.6) is 11.5 Å². The SMILES string of the molecule is COc1cc(NC(=O)Cn2cnc(C)cc2=O)cc(OC)c1. The maximum absolute atomic E-state index is 12.0. The fourth-order valence-corrected chi connectivity index (χ4v) is 1.87. The monoisotopic (exact) mass is 303 g/mol. The predicted molar refractivity (Wildman–Crippen MR) is 81.4 cm³/mol. The van der Waals surface area contributed by atoms with Crippen LogP contribution < -0.4 is 20.3 Å². The second-order valence-electron chi connectivity index (χ2n) is 4.65. The van der Waals surface area contributed by atoms with Crippen LogP contribution >= 0.6 is 0 Å². The minimum absolute atomic E-state index is 0.119. The molecule has 1 heterocycles. The van der Waals surface area contributed by atoms with Crippen molar-refractivity contribution in [2.75, 3.05) is 19.5 Å². The number of ether oxygens (including phenoxy) is 2. The molecule has 22 heavy (non-hydrogen) atoms. The molecule has 1 aromatic heterocycles. The number of hydrogen-bond donors (Lipinski definition) is 1. The van der Waals surface area contributed by atoms with E-state index in [9.17, 15) is 9.59 Å². The van der Waals surface area contributed by atoms with E-state index in [0.717, 1.165) is 0 Å². The Morgan fingerprint density at radius 2 is 1.82 bits per heavy atom. The van der Waals surface area contributed by atoms with Gasteiger partial charge in [-0.25, -0.2) is 4.98 Å². The quantitative estimate of drug-likeness (QED) is 0.897. The number of nitrogens with one attached hydrogen (secondary N) is 1. The lowest BCUT2D eigenvalue weighted by molar-refractivity contribution is -0.116. The zero-order chi connectivity index (χ0) is 16.1. The highest BCUT2D eigenvalue weighted by atomic mass is 16.5. The van der Waals surface area contributed by atoms with Gasteiger partial charge in [0.2, 0.25) is 5.91 Å².